The van der Waals surface area contributed by atoms with E-state index >= 15 is 0 Å². The first-order chi connectivity index (χ1) is 10.6. The molecule has 2 heterocycles. The van der Waals surface area contributed by atoms with Gasteiger partial charge in [-0.25, -0.2) is 0 Å². The number of benzene rings is 1. The number of likely N-dealkylation sites (tertiary alicyclic amines) is 1. The summed E-state index contributed by atoms with van der Waals surface area (Å²) < 4.78 is 0. The van der Waals surface area contributed by atoms with Gasteiger partial charge < -0.3 is 19.8 Å². The van der Waals surface area contributed by atoms with Gasteiger partial charge in [-0.05, 0) is 38.6 Å². The minimum absolute atomic E-state index is 0.162. The average Bonchev–Trinajstić information content (AvgIpc) is 2.55. The zero-order valence-electron chi connectivity index (χ0n) is 13.2. The lowest BCUT2D eigenvalue weighted by Gasteiger charge is -2.39. The number of amides is 1. The molecule has 2 aliphatic rings. The van der Waals surface area contributed by atoms with Gasteiger partial charge in [0.2, 0.25) is 5.91 Å². The number of piperazine rings is 1. The first-order valence-corrected chi connectivity index (χ1v) is 8.15. The molecule has 1 atom stereocenters. The van der Waals surface area contributed by atoms with Gasteiger partial charge in [0.15, 0.2) is 0 Å². The first kappa shape index (κ1) is 15.2. The standard InChI is InChI=1S/C17H25N3O2/c1-18-8-4-5-14(13-18)17(22)20-11-9-19(10-12-20)15-6-2-3-7-16(15)21/h2-3,6-7,14,21H,4-5,8-13H2,1H3/t14-/m0/s1. The van der Waals surface area contributed by atoms with Gasteiger partial charge in [-0.1, -0.05) is 12.1 Å². The van der Waals surface area contributed by atoms with E-state index in [0.717, 1.165) is 57.8 Å². The molecule has 5 heteroatoms. The molecule has 0 aromatic heterocycles. The molecule has 0 spiro atoms. The molecule has 1 N–H and O–H groups in total. The van der Waals surface area contributed by atoms with Crippen LogP contribution in [0.4, 0.5) is 5.69 Å². The number of rotatable bonds is 2. The van der Waals surface area contributed by atoms with Crippen LogP contribution in [0.5, 0.6) is 5.75 Å². The second kappa shape index (κ2) is 6.57. The normalized spacial score (nSPS) is 23.6. The maximum atomic E-state index is 12.6. The Balaban J connectivity index is 1.57. The van der Waals surface area contributed by atoms with Crippen molar-refractivity contribution in [1.29, 1.82) is 0 Å². The lowest BCUT2D eigenvalue weighted by molar-refractivity contribution is -0.137. The molecule has 0 bridgehead atoms. The van der Waals surface area contributed by atoms with Crippen LogP contribution in [-0.4, -0.2) is 67.1 Å². The van der Waals surface area contributed by atoms with Crippen molar-refractivity contribution < 1.29 is 9.90 Å². The van der Waals surface area contributed by atoms with Gasteiger partial charge in [0, 0.05) is 32.7 Å². The number of carbonyl (C=O) groups is 1. The molecular weight excluding hydrogens is 278 g/mol. The smallest absolute Gasteiger partial charge is 0.227 e. The van der Waals surface area contributed by atoms with E-state index in [4.69, 9.17) is 0 Å². The fraction of sp³-hybridized carbons (Fsp3) is 0.588. The van der Waals surface area contributed by atoms with Crippen molar-refractivity contribution in [3.63, 3.8) is 0 Å². The zero-order valence-corrected chi connectivity index (χ0v) is 13.2. The Labute approximate surface area is 132 Å². The topological polar surface area (TPSA) is 47.0 Å². The number of hydrogen-bond donors (Lipinski definition) is 1. The van der Waals surface area contributed by atoms with Crippen molar-refractivity contribution in [2.75, 3.05) is 51.2 Å². The molecule has 0 saturated carbocycles. The summed E-state index contributed by atoms with van der Waals surface area (Å²) in [6.45, 7) is 5.04. The second-order valence-electron chi connectivity index (χ2n) is 6.40. The highest BCUT2D eigenvalue weighted by molar-refractivity contribution is 5.79. The van der Waals surface area contributed by atoms with Crippen LogP contribution in [0.3, 0.4) is 0 Å². The Morgan fingerprint density at radius 1 is 1.14 bits per heavy atom. The molecule has 120 valence electrons. The predicted molar refractivity (Wildman–Crippen MR) is 87.1 cm³/mol. The zero-order chi connectivity index (χ0) is 15.5. The van der Waals surface area contributed by atoms with Gasteiger partial charge in [0.1, 0.15) is 5.75 Å². The summed E-state index contributed by atoms with van der Waals surface area (Å²) in [7, 11) is 2.09. The quantitative estimate of drug-likeness (QED) is 0.897. The van der Waals surface area contributed by atoms with E-state index in [1.54, 1.807) is 6.07 Å². The van der Waals surface area contributed by atoms with Crippen LogP contribution >= 0.6 is 0 Å². The first-order valence-electron chi connectivity index (χ1n) is 8.15. The van der Waals surface area contributed by atoms with E-state index in [2.05, 4.69) is 16.8 Å². The third kappa shape index (κ3) is 3.19. The lowest BCUT2D eigenvalue weighted by atomic mass is 9.96. The molecule has 1 aromatic rings. The summed E-state index contributed by atoms with van der Waals surface area (Å²) in [6, 6.07) is 7.41. The van der Waals surface area contributed by atoms with Gasteiger partial charge in [-0.3, -0.25) is 4.79 Å². The van der Waals surface area contributed by atoms with Crippen molar-refractivity contribution in [1.82, 2.24) is 9.80 Å². The summed E-state index contributed by atoms with van der Waals surface area (Å²) in [5.74, 6) is 0.787. The Morgan fingerprint density at radius 3 is 2.55 bits per heavy atom. The summed E-state index contributed by atoms with van der Waals surface area (Å²) in [6.07, 6.45) is 2.13. The Kier molecular flexibility index (Phi) is 4.52. The van der Waals surface area contributed by atoms with Gasteiger partial charge in [-0.15, -0.1) is 0 Å². The van der Waals surface area contributed by atoms with Crippen LogP contribution in [-0.2, 0) is 4.79 Å². The molecular formula is C17H25N3O2. The van der Waals surface area contributed by atoms with Crippen LogP contribution in [0, 0.1) is 5.92 Å². The molecule has 0 radical (unpaired) electrons. The largest absolute Gasteiger partial charge is 0.506 e. The fourth-order valence-corrected chi connectivity index (χ4v) is 3.53. The molecule has 1 amide bonds. The number of piperidine rings is 1. The molecule has 2 saturated heterocycles. The van der Waals surface area contributed by atoms with E-state index in [-0.39, 0.29) is 5.92 Å². The van der Waals surface area contributed by atoms with E-state index in [9.17, 15) is 9.90 Å². The number of aromatic hydroxyl groups is 1. The van der Waals surface area contributed by atoms with Gasteiger partial charge in [0.25, 0.3) is 0 Å². The van der Waals surface area contributed by atoms with Crippen molar-refractivity contribution in [3.8, 4) is 5.75 Å². The maximum Gasteiger partial charge on any atom is 0.227 e. The average molecular weight is 303 g/mol. The van der Waals surface area contributed by atoms with E-state index in [1.165, 1.54) is 0 Å². The Morgan fingerprint density at radius 2 is 1.86 bits per heavy atom. The van der Waals surface area contributed by atoms with Crippen molar-refractivity contribution in [2.24, 2.45) is 5.92 Å². The molecule has 1 aromatic carbocycles. The summed E-state index contributed by atoms with van der Waals surface area (Å²) >= 11 is 0. The van der Waals surface area contributed by atoms with E-state index in [1.807, 2.05) is 23.1 Å². The molecule has 3 rings (SSSR count). The summed E-state index contributed by atoms with van der Waals surface area (Å²) in [4.78, 5) is 19.1. The fourth-order valence-electron chi connectivity index (χ4n) is 3.53. The Bertz CT molecular complexity index is 526. The SMILES string of the molecule is CN1CCC[C@H](C(=O)N2CCN(c3ccccc3O)CC2)C1. The molecule has 22 heavy (non-hydrogen) atoms. The summed E-state index contributed by atoms with van der Waals surface area (Å²) in [5.41, 5.74) is 0.868. The number of carbonyl (C=O) groups excluding carboxylic acids is 1. The number of hydrogen-bond acceptors (Lipinski definition) is 4. The van der Waals surface area contributed by atoms with Crippen LogP contribution in [0.25, 0.3) is 0 Å². The molecule has 2 fully saturated rings. The van der Waals surface area contributed by atoms with Crippen molar-refractivity contribution >= 4 is 11.6 Å². The van der Waals surface area contributed by atoms with Crippen LogP contribution < -0.4 is 4.90 Å². The van der Waals surface area contributed by atoms with Crippen LogP contribution in [0.15, 0.2) is 24.3 Å². The number of anilines is 1. The molecule has 5 nitrogen and oxygen atoms in total. The number of phenolic OH excluding ortho intramolecular Hbond substituents is 1. The number of nitrogens with zero attached hydrogens (tertiary/aromatic N) is 3. The second-order valence-corrected chi connectivity index (χ2v) is 6.40. The Hall–Kier alpha value is -1.75. The lowest BCUT2D eigenvalue weighted by Crippen LogP contribution is -2.52. The molecule has 0 aliphatic carbocycles. The van der Waals surface area contributed by atoms with Crippen LogP contribution in [0.1, 0.15) is 12.8 Å². The van der Waals surface area contributed by atoms with E-state index < -0.39 is 0 Å². The number of para-hydroxylation sites is 2. The monoisotopic (exact) mass is 303 g/mol. The highest BCUT2D eigenvalue weighted by atomic mass is 16.3. The maximum absolute atomic E-state index is 12.6. The highest BCUT2D eigenvalue weighted by Crippen LogP contribution is 2.27. The number of phenols is 1. The van der Waals surface area contributed by atoms with Gasteiger partial charge in [0.05, 0.1) is 11.6 Å². The summed E-state index contributed by atoms with van der Waals surface area (Å²) in [5, 5.41) is 9.94. The minimum atomic E-state index is 0.162. The third-order valence-electron chi connectivity index (χ3n) is 4.79. The third-order valence-corrected chi connectivity index (χ3v) is 4.79. The highest BCUT2D eigenvalue weighted by Gasteiger charge is 2.30. The van der Waals surface area contributed by atoms with Gasteiger partial charge in [-0.2, -0.15) is 0 Å². The van der Waals surface area contributed by atoms with Crippen molar-refractivity contribution in [2.45, 2.75) is 12.8 Å². The predicted octanol–water partition coefficient (Wildman–Crippen LogP) is 1.38. The van der Waals surface area contributed by atoms with Crippen molar-refractivity contribution in [3.05, 3.63) is 24.3 Å². The molecule has 0 unspecified atom stereocenters. The molecule has 2 aliphatic heterocycles. The minimum Gasteiger partial charge on any atom is -0.506 e. The van der Waals surface area contributed by atoms with Gasteiger partial charge >= 0.3 is 0 Å². The van der Waals surface area contributed by atoms with E-state index in [0.29, 0.717) is 11.7 Å². The van der Waals surface area contributed by atoms with Crippen LogP contribution in [0.2, 0.25) is 0 Å².